The minimum absolute atomic E-state index is 0.0510. The van der Waals surface area contributed by atoms with Crippen LogP contribution in [-0.2, 0) is 23.4 Å². The van der Waals surface area contributed by atoms with Crippen LogP contribution in [0.5, 0.6) is 5.75 Å². The number of nitrogens with one attached hydrogen (secondary N) is 2. The molecular formula is C22H27F3N3O10P. The molecule has 17 heteroatoms. The van der Waals surface area contributed by atoms with Crippen molar-refractivity contribution >= 4 is 13.7 Å². The number of carbonyl (C=O) groups excluding carboxylic acids is 1. The number of halogens is 3. The molecule has 6 atom stereocenters. The van der Waals surface area contributed by atoms with E-state index in [1.54, 1.807) is 24.9 Å². The van der Waals surface area contributed by atoms with E-state index in [0.717, 1.165) is 0 Å². The fourth-order valence-electron chi connectivity index (χ4n) is 3.56. The molecule has 13 nitrogen and oxygen atoms in total. The second-order valence-corrected chi connectivity index (χ2v) is 10.5. The number of alkyl halides is 2. The lowest BCUT2D eigenvalue weighted by molar-refractivity contribution is -0.193. The van der Waals surface area contributed by atoms with Gasteiger partial charge in [0.2, 0.25) is 5.82 Å². The van der Waals surface area contributed by atoms with Crippen LogP contribution in [0.15, 0.2) is 46.1 Å². The number of aromatic nitrogens is 2. The Labute approximate surface area is 219 Å². The van der Waals surface area contributed by atoms with E-state index in [4.69, 9.17) is 18.5 Å². The maximum atomic E-state index is 14.4. The fourth-order valence-corrected chi connectivity index (χ4v) is 5.09. The topological polar surface area (TPSA) is 178 Å². The largest absolute Gasteiger partial charge is 0.462 e. The smallest absolute Gasteiger partial charge is 0.459 e. The van der Waals surface area contributed by atoms with Crippen LogP contribution in [0.1, 0.15) is 27.0 Å². The third kappa shape index (κ3) is 6.77. The number of benzene rings is 1. The highest BCUT2D eigenvalue weighted by atomic mass is 31.2. The van der Waals surface area contributed by atoms with Crippen molar-refractivity contribution in [2.24, 2.45) is 0 Å². The Hall–Kier alpha value is -3.01. The summed E-state index contributed by atoms with van der Waals surface area (Å²) < 4.78 is 77.2. The van der Waals surface area contributed by atoms with Crippen LogP contribution in [0.3, 0.4) is 0 Å². The number of esters is 1. The van der Waals surface area contributed by atoms with E-state index in [1.807, 2.05) is 0 Å². The summed E-state index contributed by atoms with van der Waals surface area (Å²) in [5, 5.41) is 23.2. The summed E-state index contributed by atoms with van der Waals surface area (Å²) in [7, 11) is -4.72. The number of aliphatic hydroxyl groups excluding tert-OH is 2. The van der Waals surface area contributed by atoms with Gasteiger partial charge in [-0.1, -0.05) is 18.2 Å². The molecule has 4 N–H and O–H groups in total. The summed E-state index contributed by atoms with van der Waals surface area (Å²) in [5.74, 6) is -2.43. The molecule has 1 aromatic heterocycles. The first kappa shape index (κ1) is 30.5. The zero-order valence-electron chi connectivity index (χ0n) is 20.8. The van der Waals surface area contributed by atoms with Crippen LogP contribution in [0.2, 0.25) is 0 Å². The van der Waals surface area contributed by atoms with Crippen molar-refractivity contribution in [2.75, 3.05) is 6.61 Å². The van der Waals surface area contributed by atoms with E-state index >= 15 is 0 Å². The van der Waals surface area contributed by atoms with Crippen molar-refractivity contribution in [3.05, 3.63) is 63.2 Å². The molecule has 1 saturated heterocycles. The predicted molar refractivity (Wildman–Crippen MR) is 127 cm³/mol. The van der Waals surface area contributed by atoms with Crippen molar-refractivity contribution in [1.82, 2.24) is 14.6 Å². The van der Waals surface area contributed by atoms with Gasteiger partial charge in [-0.2, -0.15) is 9.48 Å². The molecule has 1 aliphatic rings. The number of para-hydroxylation sites is 1. The lowest BCUT2D eigenvalue weighted by Crippen LogP contribution is -2.53. The van der Waals surface area contributed by atoms with E-state index in [2.05, 4.69) is 5.09 Å². The van der Waals surface area contributed by atoms with Crippen LogP contribution in [0, 0.1) is 5.82 Å². The Kier molecular flexibility index (Phi) is 9.41. The molecule has 3 rings (SSSR count). The number of H-pyrrole nitrogens is 1. The van der Waals surface area contributed by atoms with Gasteiger partial charge >= 0.3 is 19.4 Å². The number of rotatable bonds is 11. The second kappa shape index (κ2) is 12.0. The number of hydrogen-bond acceptors (Lipinski definition) is 10. The summed E-state index contributed by atoms with van der Waals surface area (Å²) in [6, 6.07) is 5.99. The monoisotopic (exact) mass is 581 g/mol. The molecule has 0 bridgehead atoms. The Bertz CT molecular complexity index is 1320. The Morgan fingerprint density at radius 2 is 1.87 bits per heavy atom. The highest BCUT2D eigenvalue weighted by Gasteiger charge is 2.61. The number of ether oxygens (including phenoxy) is 2. The minimum Gasteiger partial charge on any atom is -0.462 e. The van der Waals surface area contributed by atoms with Gasteiger partial charge in [0, 0.05) is 0 Å². The molecule has 1 aliphatic heterocycles. The third-order valence-corrected chi connectivity index (χ3v) is 7.13. The number of carbonyl (C=O) groups is 1. The van der Waals surface area contributed by atoms with Gasteiger partial charge in [-0.3, -0.25) is 23.7 Å². The normalized spacial score (nSPS) is 25.4. The molecule has 216 valence electrons. The number of aliphatic hydroxyl groups is 2. The molecule has 0 saturated carbocycles. The Morgan fingerprint density at radius 1 is 1.23 bits per heavy atom. The van der Waals surface area contributed by atoms with Crippen LogP contribution in [0.4, 0.5) is 13.2 Å². The average Bonchev–Trinajstić information content (AvgIpc) is 3.11. The molecule has 2 heterocycles. The van der Waals surface area contributed by atoms with Crippen molar-refractivity contribution in [2.45, 2.75) is 63.4 Å². The zero-order chi connectivity index (χ0) is 29.1. The Balaban J connectivity index is 1.92. The molecule has 1 aromatic carbocycles. The minimum atomic E-state index is -4.72. The maximum Gasteiger partial charge on any atom is 0.459 e. The quantitative estimate of drug-likeness (QED) is 0.220. The van der Waals surface area contributed by atoms with E-state index in [1.165, 1.54) is 31.2 Å². The summed E-state index contributed by atoms with van der Waals surface area (Å²) in [4.78, 5) is 37.3. The molecule has 0 spiro atoms. The molecule has 0 amide bonds. The molecule has 0 unspecified atom stereocenters. The molecule has 1 fully saturated rings. The highest BCUT2D eigenvalue weighted by Crippen LogP contribution is 2.49. The van der Waals surface area contributed by atoms with Gasteiger partial charge in [-0.15, -0.1) is 0 Å². The maximum absolute atomic E-state index is 14.4. The molecule has 39 heavy (non-hydrogen) atoms. The van der Waals surface area contributed by atoms with Crippen LogP contribution < -0.4 is 20.9 Å². The van der Waals surface area contributed by atoms with Crippen molar-refractivity contribution in [3.63, 3.8) is 0 Å². The number of aromatic amines is 1. The molecule has 0 aliphatic carbocycles. The van der Waals surface area contributed by atoms with E-state index < -0.39 is 80.0 Å². The van der Waals surface area contributed by atoms with E-state index in [-0.39, 0.29) is 10.3 Å². The summed E-state index contributed by atoms with van der Waals surface area (Å²) >= 11 is 0. The summed E-state index contributed by atoms with van der Waals surface area (Å²) in [6.45, 7) is 2.96. The number of hydrogen-bond donors (Lipinski definition) is 4. The summed E-state index contributed by atoms with van der Waals surface area (Å²) in [6.07, 6.45) is -10.7. The highest BCUT2D eigenvalue weighted by molar-refractivity contribution is 7.52. The van der Waals surface area contributed by atoms with Crippen LogP contribution in [0.25, 0.3) is 0 Å². The van der Waals surface area contributed by atoms with Gasteiger partial charge in [0.25, 0.3) is 12.0 Å². The first-order chi connectivity index (χ1) is 18.2. The second-order valence-electron chi connectivity index (χ2n) is 8.85. The van der Waals surface area contributed by atoms with Crippen LogP contribution >= 0.6 is 7.75 Å². The first-order valence-electron chi connectivity index (χ1n) is 11.5. The van der Waals surface area contributed by atoms with Gasteiger partial charge in [-0.25, -0.2) is 18.1 Å². The van der Waals surface area contributed by atoms with Crippen molar-refractivity contribution in [3.8, 4) is 5.75 Å². The van der Waals surface area contributed by atoms with E-state index in [0.29, 0.717) is 6.20 Å². The first-order valence-corrected chi connectivity index (χ1v) is 13.0. The zero-order valence-corrected chi connectivity index (χ0v) is 21.7. The van der Waals surface area contributed by atoms with Gasteiger partial charge in [0.15, 0.2) is 11.8 Å². The average molecular weight is 581 g/mol. The van der Waals surface area contributed by atoms with Gasteiger partial charge in [0.05, 0.1) is 18.9 Å². The van der Waals surface area contributed by atoms with E-state index in [9.17, 15) is 42.3 Å². The number of nitrogens with zero attached hydrogens (tertiary/aromatic N) is 1. The third-order valence-electron chi connectivity index (χ3n) is 5.51. The van der Waals surface area contributed by atoms with Crippen molar-refractivity contribution in [1.29, 1.82) is 0 Å². The lowest BCUT2D eigenvalue weighted by Gasteiger charge is -2.32. The van der Waals surface area contributed by atoms with Gasteiger partial charge < -0.3 is 24.2 Å². The molecule has 2 aromatic rings. The molecular weight excluding hydrogens is 554 g/mol. The SMILES string of the molecule is CC(C)OC(=O)[C@H](C)N[P@](=O)(OC[C@@]1(C(F)F)O[C@@H](n2cc(F)c(=O)[nH]c2=O)[C@H](O)[C@@H]1O)Oc1ccccc1. The fraction of sp³-hybridized carbons (Fsp3) is 0.500. The van der Waals surface area contributed by atoms with Gasteiger partial charge in [0.1, 0.15) is 24.0 Å². The van der Waals surface area contributed by atoms with Crippen LogP contribution in [-0.4, -0.2) is 68.7 Å². The standard InChI is InChI=1S/C22H27F3N3O10P/c1-11(2)36-19(32)12(3)27-39(34,38-13-7-5-4-6-8-13)35-10-22(20(24)25)16(30)15(29)18(37-22)28-9-14(23)17(31)26-21(28)33/h4-9,11-12,15-16,18,20,29-30H,10H2,1-3H3,(H,27,34)(H,26,31,33)/t12-,15+,16-,18+,22+,39-/m0/s1. The summed E-state index contributed by atoms with van der Waals surface area (Å²) in [5.41, 5.74) is -5.88. The predicted octanol–water partition coefficient (Wildman–Crippen LogP) is 1.06. The van der Waals surface area contributed by atoms with Gasteiger partial charge in [-0.05, 0) is 32.9 Å². The Morgan fingerprint density at radius 3 is 2.46 bits per heavy atom. The molecule has 0 radical (unpaired) electrons. The lowest BCUT2D eigenvalue weighted by atomic mass is 9.96. The van der Waals surface area contributed by atoms with Crippen molar-refractivity contribution < 1.29 is 51.3 Å².